The lowest BCUT2D eigenvalue weighted by Gasteiger charge is -2.19. The second-order valence-electron chi connectivity index (χ2n) is 9.20. The molecule has 2 aliphatic carbocycles. The molecule has 0 aliphatic heterocycles. The second-order valence-corrected chi connectivity index (χ2v) is 10.0. The predicted octanol–water partition coefficient (Wildman–Crippen LogP) is 5.15. The van der Waals surface area contributed by atoms with E-state index < -0.39 is 0 Å². The number of rotatable bonds is 6. The Morgan fingerprint density at radius 3 is 2.79 bits per heavy atom. The number of hydrogen-bond acceptors (Lipinski definition) is 4. The van der Waals surface area contributed by atoms with E-state index in [0.717, 1.165) is 30.4 Å². The SMILES string of the molecule is C=C(C(=O)NCc1cn(Cc2ccc(Cl)c(Cl)c2)nn1)[C@@H]1CC[C@H](C)[C@@H]2CC(=O)C(C)=C2C1. The Morgan fingerprint density at radius 2 is 2.03 bits per heavy atom. The first-order valence-electron chi connectivity index (χ1n) is 11.3. The molecular weight excluding hydrogens is 459 g/mol. The summed E-state index contributed by atoms with van der Waals surface area (Å²) in [5.41, 5.74) is 4.31. The summed E-state index contributed by atoms with van der Waals surface area (Å²) in [7, 11) is 0. The predicted molar refractivity (Wildman–Crippen MR) is 129 cm³/mol. The molecule has 1 amide bonds. The Balaban J connectivity index is 1.34. The third-order valence-corrected chi connectivity index (χ3v) is 7.74. The number of carbonyl (C=O) groups is 2. The minimum Gasteiger partial charge on any atom is -0.347 e. The molecule has 1 aromatic carbocycles. The number of benzene rings is 1. The van der Waals surface area contributed by atoms with Gasteiger partial charge in [-0.25, -0.2) is 4.68 Å². The Kier molecular flexibility index (Phi) is 7.05. The Bertz CT molecular complexity index is 1140. The zero-order chi connectivity index (χ0) is 23.7. The molecule has 174 valence electrons. The summed E-state index contributed by atoms with van der Waals surface area (Å²) in [5, 5.41) is 12.2. The highest BCUT2D eigenvalue weighted by Gasteiger charge is 2.37. The van der Waals surface area contributed by atoms with Gasteiger partial charge >= 0.3 is 0 Å². The molecule has 0 saturated heterocycles. The van der Waals surface area contributed by atoms with Crippen molar-refractivity contribution in [2.24, 2.45) is 17.8 Å². The molecule has 3 atom stereocenters. The maximum absolute atomic E-state index is 12.8. The summed E-state index contributed by atoms with van der Waals surface area (Å²) < 4.78 is 1.69. The summed E-state index contributed by atoms with van der Waals surface area (Å²) in [6.45, 7) is 9.01. The number of Topliss-reactive ketones (excluding diaryl/α,β-unsaturated/α-hetero) is 1. The number of hydrogen-bond donors (Lipinski definition) is 1. The first-order chi connectivity index (χ1) is 15.7. The molecule has 2 aliphatic rings. The molecule has 33 heavy (non-hydrogen) atoms. The van der Waals surface area contributed by atoms with E-state index in [4.69, 9.17) is 23.2 Å². The Hall–Kier alpha value is -2.44. The van der Waals surface area contributed by atoms with Crippen molar-refractivity contribution in [1.82, 2.24) is 20.3 Å². The molecule has 6 nitrogen and oxygen atoms in total. The molecule has 1 fully saturated rings. The van der Waals surface area contributed by atoms with E-state index in [1.165, 1.54) is 5.57 Å². The normalized spacial score (nSPS) is 22.8. The maximum Gasteiger partial charge on any atom is 0.247 e. The molecule has 0 radical (unpaired) electrons. The summed E-state index contributed by atoms with van der Waals surface area (Å²) in [6, 6.07) is 5.43. The Morgan fingerprint density at radius 1 is 1.24 bits per heavy atom. The first kappa shape index (κ1) is 23.7. The molecule has 1 aromatic heterocycles. The lowest BCUT2D eigenvalue weighted by molar-refractivity contribution is -0.118. The number of allylic oxidation sites excluding steroid dienone is 2. The number of aromatic nitrogens is 3. The molecule has 0 spiro atoms. The monoisotopic (exact) mass is 486 g/mol. The van der Waals surface area contributed by atoms with Crippen LogP contribution in [0.5, 0.6) is 0 Å². The van der Waals surface area contributed by atoms with Crippen molar-refractivity contribution in [3.8, 4) is 0 Å². The van der Waals surface area contributed by atoms with Gasteiger partial charge in [0.15, 0.2) is 5.78 Å². The Labute approximate surface area is 204 Å². The van der Waals surface area contributed by atoms with Crippen LogP contribution in [0.3, 0.4) is 0 Å². The third-order valence-electron chi connectivity index (χ3n) is 7.01. The van der Waals surface area contributed by atoms with Gasteiger partial charge in [-0.15, -0.1) is 5.10 Å². The number of halogens is 2. The number of carbonyl (C=O) groups excluding carboxylic acids is 2. The first-order valence-corrected chi connectivity index (χ1v) is 12.0. The number of ketones is 1. The molecule has 1 heterocycles. The molecule has 4 rings (SSSR count). The van der Waals surface area contributed by atoms with Crippen LogP contribution in [0.25, 0.3) is 0 Å². The quantitative estimate of drug-likeness (QED) is 0.572. The van der Waals surface area contributed by atoms with E-state index in [-0.39, 0.29) is 24.2 Å². The average Bonchev–Trinajstić information content (AvgIpc) is 3.30. The minimum absolute atomic E-state index is 0.0543. The molecule has 2 aromatic rings. The van der Waals surface area contributed by atoms with Gasteiger partial charge in [0.2, 0.25) is 5.91 Å². The van der Waals surface area contributed by atoms with E-state index in [9.17, 15) is 9.59 Å². The van der Waals surface area contributed by atoms with Crippen LogP contribution in [-0.2, 0) is 22.7 Å². The molecule has 8 heteroatoms. The van der Waals surface area contributed by atoms with Crippen molar-refractivity contribution in [2.75, 3.05) is 0 Å². The minimum atomic E-state index is -0.173. The highest BCUT2D eigenvalue weighted by molar-refractivity contribution is 6.42. The fraction of sp³-hybridized carbons (Fsp3) is 0.440. The van der Waals surface area contributed by atoms with Gasteiger partial charge in [0.05, 0.1) is 29.3 Å². The second kappa shape index (κ2) is 9.82. The lowest BCUT2D eigenvalue weighted by atomic mass is 9.86. The van der Waals surface area contributed by atoms with Gasteiger partial charge in [-0.3, -0.25) is 9.59 Å². The van der Waals surface area contributed by atoms with Gasteiger partial charge in [-0.2, -0.15) is 0 Å². The fourth-order valence-corrected chi connectivity index (χ4v) is 5.22. The number of nitrogens with zero attached hydrogens (tertiary/aromatic N) is 3. The lowest BCUT2D eigenvalue weighted by Crippen LogP contribution is -2.27. The van der Waals surface area contributed by atoms with Crippen molar-refractivity contribution < 1.29 is 9.59 Å². The molecule has 0 unspecified atom stereocenters. The van der Waals surface area contributed by atoms with Crippen molar-refractivity contribution in [1.29, 1.82) is 0 Å². The van der Waals surface area contributed by atoms with Crippen molar-refractivity contribution in [3.05, 3.63) is 69.0 Å². The van der Waals surface area contributed by atoms with Crippen LogP contribution >= 0.6 is 23.2 Å². The van der Waals surface area contributed by atoms with Crippen LogP contribution in [0.2, 0.25) is 10.0 Å². The summed E-state index contributed by atoms with van der Waals surface area (Å²) >= 11 is 12.0. The molecule has 0 bridgehead atoms. The van der Waals surface area contributed by atoms with E-state index in [1.54, 1.807) is 23.0 Å². The zero-order valence-electron chi connectivity index (χ0n) is 18.9. The molecule has 1 saturated carbocycles. The van der Waals surface area contributed by atoms with Crippen LogP contribution < -0.4 is 5.32 Å². The van der Waals surface area contributed by atoms with Crippen LogP contribution in [0.15, 0.2) is 47.7 Å². The van der Waals surface area contributed by atoms with Crippen molar-refractivity contribution in [3.63, 3.8) is 0 Å². The molecular formula is C25H28Cl2N4O2. The van der Waals surface area contributed by atoms with Gasteiger partial charge in [-0.05, 0) is 67.2 Å². The smallest absolute Gasteiger partial charge is 0.247 e. The summed E-state index contributed by atoms with van der Waals surface area (Å²) in [4.78, 5) is 25.1. The van der Waals surface area contributed by atoms with Gasteiger partial charge in [0.1, 0.15) is 5.69 Å². The topological polar surface area (TPSA) is 76.9 Å². The fourth-order valence-electron chi connectivity index (χ4n) is 4.90. The standard InChI is InChI=1S/C25H28Cl2N4O2/c1-14-4-6-18(9-21-16(3)24(32)10-20(14)21)15(2)25(33)28-11-19-13-31(30-29-19)12-17-5-7-22(26)23(27)8-17/h5,7-8,13-14,18,20H,2,4,6,9-12H2,1,3H3,(H,28,33)/t14-,18+,20-/m0/s1. The van der Waals surface area contributed by atoms with E-state index >= 15 is 0 Å². The highest BCUT2D eigenvalue weighted by Crippen LogP contribution is 2.45. The van der Waals surface area contributed by atoms with Crippen molar-refractivity contribution >= 4 is 34.9 Å². The van der Waals surface area contributed by atoms with E-state index in [0.29, 0.717) is 46.1 Å². The summed E-state index contributed by atoms with van der Waals surface area (Å²) in [6.07, 6.45) is 5.07. The van der Waals surface area contributed by atoms with E-state index in [1.807, 2.05) is 13.0 Å². The maximum atomic E-state index is 12.8. The van der Waals surface area contributed by atoms with Gasteiger partial charge < -0.3 is 5.32 Å². The zero-order valence-corrected chi connectivity index (χ0v) is 20.4. The number of fused-ring (bicyclic) bond motifs is 1. The van der Waals surface area contributed by atoms with Gasteiger partial charge in [0, 0.05) is 12.0 Å². The number of nitrogens with one attached hydrogen (secondary N) is 1. The van der Waals surface area contributed by atoms with Crippen molar-refractivity contribution in [2.45, 2.75) is 52.6 Å². The van der Waals surface area contributed by atoms with Crippen LogP contribution in [0.1, 0.15) is 50.8 Å². The molecule has 1 N–H and O–H groups in total. The largest absolute Gasteiger partial charge is 0.347 e. The van der Waals surface area contributed by atoms with Crippen LogP contribution in [0.4, 0.5) is 0 Å². The number of amides is 1. The van der Waals surface area contributed by atoms with Gasteiger partial charge in [0.25, 0.3) is 0 Å². The average molecular weight is 487 g/mol. The van der Waals surface area contributed by atoms with Gasteiger partial charge in [-0.1, -0.05) is 53.6 Å². The third kappa shape index (κ3) is 5.22. The van der Waals surface area contributed by atoms with Crippen LogP contribution in [0, 0.1) is 17.8 Å². The highest BCUT2D eigenvalue weighted by atomic mass is 35.5. The summed E-state index contributed by atoms with van der Waals surface area (Å²) in [5.74, 6) is 0.907. The van der Waals surface area contributed by atoms with E-state index in [2.05, 4.69) is 29.1 Å². The van der Waals surface area contributed by atoms with Crippen LogP contribution in [-0.4, -0.2) is 26.7 Å².